The SMILES string of the molecule is CCCCCC(OOC(=O)O)C(CC)CCCC. The van der Waals surface area contributed by atoms with Crippen LogP contribution >= 0.6 is 0 Å². The highest BCUT2D eigenvalue weighted by atomic mass is 17.2. The van der Waals surface area contributed by atoms with Gasteiger partial charge in [0.1, 0.15) is 6.10 Å². The minimum Gasteiger partial charge on any atom is -0.448 e. The first-order valence-corrected chi connectivity index (χ1v) is 7.21. The Morgan fingerprint density at radius 2 is 1.72 bits per heavy atom. The van der Waals surface area contributed by atoms with E-state index < -0.39 is 6.16 Å². The van der Waals surface area contributed by atoms with Crippen molar-refractivity contribution in [3.8, 4) is 0 Å². The van der Waals surface area contributed by atoms with Crippen LogP contribution in [0, 0.1) is 5.92 Å². The maximum absolute atomic E-state index is 10.4. The molecule has 0 aromatic carbocycles. The molecule has 18 heavy (non-hydrogen) atoms. The molecule has 0 aliphatic carbocycles. The number of rotatable bonds is 11. The number of carbonyl (C=O) groups is 1. The zero-order valence-electron chi connectivity index (χ0n) is 12.0. The highest BCUT2D eigenvalue weighted by Gasteiger charge is 2.22. The molecule has 0 fully saturated rings. The number of hydrogen-bond donors (Lipinski definition) is 1. The number of carboxylic acid groups (broad SMARTS) is 1. The van der Waals surface area contributed by atoms with E-state index in [1.165, 1.54) is 0 Å². The molecule has 0 saturated heterocycles. The van der Waals surface area contributed by atoms with Gasteiger partial charge in [-0.25, -0.2) is 4.79 Å². The molecule has 4 nitrogen and oxygen atoms in total. The van der Waals surface area contributed by atoms with Gasteiger partial charge in [0.25, 0.3) is 0 Å². The molecule has 0 spiro atoms. The molecule has 1 N–H and O–H groups in total. The van der Waals surface area contributed by atoms with Gasteiger partial charge in [-0.3, -0.25) is 4.89 Å². The van der Waals surface area contributed by atoms with Crippen molar-refractivity contribution in [1.29, 1.82) is 0 Å². The summed E-state index contributed by atoms with van der Waals surface area (Å²) in [6, 6.07) is 0. The van der Waals surface area contributed by atoms with Gasteiger partial charge in [0.2, 0.25) is 0 Å². The zero-order valence-corrected chi connectivity index (χ0v) is 12.0. The van der Waals surface area contributed by atoms with E-state index >= 15 is 0 Å². The standard InChI is InChI=1S/C14H28O4/c1-4-7-9-11-13(17-18-14(15)16)12(6-3)10-8-5-2/h12-13H,4-11H2,1-3H3,(H,15,16). The van der Waals surface area contributed by atoms with E-state index in [9.17, 15) is 4.79 Å². The second kappa shape index (κ2) is 11.3. The Morgan fingerprint density at radius 1 is 1.06 bits per heavy atom. The Bertz CT molecular complexity index is 206. The van der Waals surface area contributed by atoms with E-state index in [1.807, 2.05) is 0 Å². The Labute approximate surface area is 111 Å². The maximum Gasteiger partial charge on any atom is 0.537 e. The number of unbranched alkanes of at least 4 members (excludes halogenated alkanes) is 3. The second-order valence-electron chi connectivity index (χ2n) is 4.79. The van der Waals surface area contributed by atoms with Crippen molar-refractivity contribution in [3.05, 3.63) is 0 Å². The summed E-state index contributed by atoms with van der Waals surface area (Å²) in [6.45, 7) is 6.43. The lowest BCUT2D eigenvalue weighted by molar-refractivity contribution is -0.296. The predicted molar refractivity (Wildman–Crippen MR) is 71.4 cm³/mol. The van der Waals surface area contributed by atoms with Gasteiger partial charge < -0.3 is 5.11 Å². The van der Waals surface area contributed by atoms with Crippen LogP contribution in [0.5, 0.6) is 0 Å². The molecular weight excluding hydrogens is 232 g/mol. The molecule has 2 unspecified atom stereocenters. The molecule has 0 aromatic rings. The summed E-state index contributed by atoms with van der Waals surface area (Å²) < 4.78 is 0. The minimum absolute atomic E-state index is 0.0933. The summed E-state index contributed by atoms with van der Waals surface area (Å²) in [5.74, 6) is 0.390. The molecule has 0 aromatic heterocycles. The molecule has 0 rings (SSSR count). The molecule has 0 saturated carbocycles. The van der Waals surface area contributed by atoms with Crippen LogP contribution in [0.2, 0.25) is 0 Å². The maximum atomic E-state index is 10.4. The first-order chi connectivity index (χ1) is 8.65. The molecule has 4 heteroatoms. The van der Waals surface area contributed by atoms with Gasteiger partial charge in [-0.2, -0.15) is 4.89 Å². The Kier molecular flexibility index (Phi) is 10.8. The van der Waals surface area contributed by atoms with Crippen molar-refractivity contribution >= 4 is 6.16 Å². The van der Waals surface area contributed by atoms with Crippen LogP contribution in [0.1, 0.15) is 72.1 Å². The van der Waals surface area contributed by atoms with E-state index in [-0.39, 0.29) is 6.10 Å². The van der Waals surface area contributed by atoms with Crippen molar-refractivity contribution < 1.29 is 19.7 Å². The quantitative estimate of drug-likeness (QED) is 0.330. The summed E-state index contributed by atoms with van der Waals surface area (Å²) in [5, 5.41) is 8.52. The lowest BCUT2D eigenvalue weighted by atomic mass is 9.90. The third kappa shape index (κ3) is 8.34. The van der Waals surface area contributed by atoms with Gasteiger partial charge in [-0.05, 0) is 18.8 Å². The largest absolute Gasteiger partial charge is 0.537 e. The Balaban J connectivity index is 4.23. The molecule has 0 bridgehead atoms. The first-order valence-electron chi connectivity index (χ1n) is 7.21. The monoisotopic (exact) mass is 260 g/mol. The summed E-state index contributed by atoms with van der Waals surface area (Å²) in [7, 11) is 0. The topological polar surface area (TPSA) is 55.8 Å². The van der Waals surface area contributed by atoms with E-state index in [0.717, 1.165) is 51.4 Å². The number of hydrogen-bond acceptors (Lipinski definition) is 3. The smallest absolute Gasteiger partial charge is 0.448 e. The molecule has 0 radical (unpaired) electrons. The summed E-state index contributed by atoms with van der Waals surface area (Å²) >= 11 is 0. The van der Waals surface area contributed by atoms with Crippen LogP contribution in [-0.2, 0) is 9.78 Å². The summed E-state index contributed by atoms with van der Waals surface area (Å²) in [4.78, 5) is 19.8. The average Bonchev–Trinajstić information content (AvgIpc) is 2.35. The second-order valence-corrected chi connectivity index (χ2v) is 4.79. The Hall–Kier alpha value is -0.770. The van der Waals surface area contributed by atoms with Crippen LogP contribution in [0.15, 0.2) is 0 Å². The molecule has 0 aliphatic heterocycles. The average molecular weight is 260 g/mol. The van der Waals surface area contributed by atoms with Gasteiger partial charge >= 0.3 is 6.16 Å². The fourth-order valence-corrected chi connectivity index (χ4v) is 2.18. The van der Waals surface area contributed by atoms with E-state index in [2.05, 4.69) is 25.7 Å². The summed E-state index contributed by atoms with van der Waals surface area (Å²) in [6.07, 6.45) is 7.17. The lowest BCUT2D eigenvalue weighted by Crippen LogP contribution is -2.25. The molecule has 108 valence electrons. The fourth-order valence-electron chi connectivity index (χ4n) is 2.18. The highest BCUT2D eigenvalue weighted by molar-refractivity contribution is 5.55. The lowest BCUT2D eigenvalue weighted by Gasteiger charge is -2.24. The molecular formula is C14H28O4. The predicted octanol–water partition coefficient (Wildman–Crippen LogP) is 4.78. The van der Waals surface area contributed by atoms with Gasteiger partial charge in [0.05, 0.1) is 0 Å². The first kappa shape index (κ1) is 17.2. The van der Waals surface area contributed by atoms with Gasteiger partial charge in [0, 0.05) is 0 Å². The van der Waals surface area contributed by atoms with E-state index in [1.54, 1.807) is 0 Å². The van der Waals surface area contributed by atoms with Gasteiger partial charge in [-0.15, -0.1) is 0 Å². The molecule has 0 aliphatic rings. The molecule has 0 amide bonds. The summed E-state index contributed by atoms with van der Waals surface area (Å²) in [5.41, 5.74) is 0. The van der Waals surface area contributed by atoms with Crippen molar-refractivity contribution in [1.82, 2.24) is 0 Å². The van der Waals surface area contributed by atoms with Crippen molar-refractivity contribution in [2.45, 2.75) is 78.2 Å². The van der Waals surface area contributed by atoms with Crippen LogP contribution in [0.25, 0.3) is 0 Å². The van der Waals surface area contributed by atoms with Crippen LogP contribution in [0.3, 0.4) is 0 Å². The van der Waals surface area contributed by atoms with Crippen LogP contribution in [-0.4, -0.2) is 17.4 Å². The molecule has 0 heterocycles. The van der Waals surface area contributed by atoms with Gasteiger partial charge in [0.15, 0.2) is 0 Å². The van der Waals surface area contributed by atoms with Crippen molar-refractivity contribution in [2.24, 2.45) is 5.92 Å². The normalized spacial score (nSPS) is 14.2. The van der Waals surface area contributed by atoms with Crippen molar-refractivity contribution in [3.63, 3.8) is 0 Å². The Morgan fingerprint density at radius 3 is 2.22 bits per heavy atom. The highest BCUT2D eigenvalue weighted by Crippen LogP contribution is 2.24. The van der Waals surface area contributed by atoms with Crippen molar-refractivity contribution in [2.75, 3.05) is 0 Å². The van der Waals surface area contributed by atoms with E-state index in [4.69, 9.17) is 9.99 Å². The molecule has 2 atom stereocenters. The van der Waals surface area contributed by atoms with Crippen LogP contribution in [0.4, 0.5) is 4.79 Å². The fraction of sp³-hybridized carbons (Fsp3) is 0.929. The van der Waals surface area contributed by atoms with Crippen LogP contribution < -0.4 is 0 Å². The van der Waals surface area contributed by atoms with Gasteiger partial charge in [-0.1, -0.05) is 59.3 Å². The third-order valence-electron chi connectivity index (χ3n) is 3.31. The van der Waals surface area contributed by atoms with E-state index in [0.29, 0.717) is 5.92 Å². The zero-order chi connectivity index (χ0) is 13.8. The minimum atomic E-state index is -1.36. The third-order valence-corrected chi connectivity index (χ3v) is 3.31.